The van der Waals surface area contributed by atoms with E-state index in [4.69, 9.17) is 0 Å². The van der Waals surface area contributed by atoms with Crippen molar-refractivity contribution < 1.29 is 0 Å². The van der Waals surface area contributed by atoms with Gasteiger partial charge in [-0.05, 0) is 28.4 Å². The van der Waals surface area contributed by atoms with Crippen molar-refractivity contribution in [2.45, 2.75) is 19.8 Å². The smallest absolute Gasteiger partial charge is 0.113 e. The number of halogens is 1. The van der Waals surface area contributed by atoms with Crippen LogP contribution in [0.15, 0.2) is 35.3 Å². The zero-order chi connectivity index (χ0) is 10.7. The first kappa shape index (κ1) is 10.4. The first-order valence-electron chi connectivity index (χ1n) is 4.95. The Kier molecular flexibility index (Phi) is 3.16. The van der Waals surface area contributed by atoms with Gasteiger partial charge in [0.25, 0.3) is 0 Å². The molecule has 0 fully saturated rings. The highest BCUT2D eigenvalue weighted by Crippen LogP contribution is 2.20. The molecule has 0 spiro atoms. The lowest BCUT2D eigenvalue weighted by atomic mass is 10.3. The molecule has 0 aliphatic carbocycles. The zero-order valence-corrected chi connectivity index (χ0v) is 10.1. The Bertz CT molecular complexity index is 451. The number of imidazole rings is 1. The van der Waals surface area contributed by atoms with E-state index in [1.165, 1.54) is 0 Å². The second-order valence-electron chi connectivity index (χ2n) is 3.29. The molecule has 0 atom stereocenters. The molecule has 0 aliphatic rings. The Labute approximate surface area is 97.3 Å². The van der Waals surface area contributed by atoms with Crippen molar-refractivity contribution >= 4 is 15.9 Å². The maximum atomic E-state index is 4.35. The molecule has 0 saturated heterocycles. The zero-order valence-electron chi connectivity index (χ0n) is 8.52. The predicted molar refractivity (Wildman–Crippen MR) is 63.1 cm³/mol. The highest BCUT2D eigenvalue weighted by atomic mass is 79.9. The Morgan fingerprint density at radius 2 is 2.27 bits per heavy atom. The molecule has 2 heterocycles. The van der Waals surface area contributed by atoms with E-state index in [2.05, 4.69) is 37.4 Å². The lowest BCUT2D eigenvalue weighted by molar-refractivity contribution is 0.807. The van der Waals surface area contributed by atoms with Crippen molar-refractivity contribution in [3.8, 4) is 5.69 Å². The summed E-state index contributed by atoms with van der Waals surface area (Å²) in [5, 5.41) is 0. The van der Waals surface area contributed by atoms with Crippen molar-refractivity contribution in [3.63, 3.8) is 0 Å². The third-order valence-electron chi connectivity index (χ3n) is 2.20. The number of pyridine rings is 1. The maximum Gasteiger partial charge on any atom is 0.113 e. The molecule has 0 bridgehead atoms. The van der Waals surface area contributed by atoms with E-state index in [1.807, 2.05) is 18.5 Å². The molecule has 0 N–H and O–H groups in total. The molecule has 78 valence electrons. The molecule has 0 aromatic carbocycles. The van der Waals surface area contributed by atoms with Crippen LogP contribution >= 0.6 is 15.9 Å². The van der Waals surface area contributed by atoms with E-state index in [0.717, 1.165) is 28.8 Å². The molecule has 0 radical (unpaired) electrons. The first-order chi connectivity index (χ1) is 7.33. The van der Waals surface area contributed by atoms with Gasteiger partial charge in [-0.2, -0.15) is 0 Å². The summed E-state index contributed by atoms with van der Waals surface area (Å²) in [6.07, 6.45) is 9.48. The Morgan fingerprint density at radius 1 is 1.40 bits per heavy atom. The van der Waals surface area contributed by atoms with Crippen molar-refractivity contribution in [1.82, 2.24) is 14.5 Å². The number of hydrogen-bond acceptors (Lipinski definition) is 2. The van der Waals surface area contributed by atoms with Gasteiger partial charge in [0.1, 0.15) is 5.82 Å². The number of rotatable bonds is 3. The summed E-state index contributed by atoms with van der Waals surface area (Å²) in [6, 6.07) is 1.98. The third-order valence-corrected chi connectivity index (χ3v) is 2.81. The van der Waals surface area contributed by atoms with Crippen LogP contribution in [0.3, 0.4) is 0 Å². The van der Waals surface area contributed by atoms with Gasteiger partial charge in [0.15, 0.2) is 0 Å². The normalized spacial score (nSPS) is 10.5. The Balaban J connectivity index is 2.45. The summed E-state index contributed by atoms with van der Waals surface area (Å²) in [4.78, 5) is 8.39. The summed E-state index contributed by atoms with van der Waals surface area (Å²) in [6.45, 7) is 2.15. The van der Waals surface area contributed by atoms with Crippen LogP contribution in [0.2, 0.25) is 0 Å². The van der Waals surface area contributed by atoms with E-state index in [1.54, 1.807) is 12.4 Å². The molecule has 2 aromatic heterocycles. The van der Waals surface area contributed by atoms with Crippen LogP contribution in [0.25, 0.3) is 5.69 Å². The molecule has 0 amide bonds. The second-order valence-corrected chi connectivity index (χ2v) is 4.14. The van der Waals surface area contributed by atoms with Crippen LogP contribution in [0.1, 0.15) is 19.2 Å². The van der Waals surface area contributed by atoms with Crippen molar-refractivity contribution in [1.29, 1.82) is 0 Å². The molecule has 0 saturated carbocycles. The molecule has 0 unspecified atom stereocenters. The van der Waals surface area contributed by atoms with Gasteiger partial charge in [-0.25, -0.2) is 4.98 Å². The van der Waals surface area contributed by atoms with Gasteiger partial charge < -0.3 is 4.57 Å². The van der Waals surface area contributed by atoms with Gasteiger partial charge in [0.05, 0.1) is 10.2 Å². The quantitative estimate of drug-likeness (QED) is 0.855. The fourth-order valence-electron chi connectivity index (χ4n) is 1.53. The van der Waals surface area contributed by atoms with E-state index >= 15 is 0 Å². The summed E-state index contributed by atoms with van der Waals surface area (Å²) in [5.74, 6) is 1.09. The van der Waals surface area contributed by atoms with Crippen LogP contribution in [0.5, 0.6) is 0 Å². The van der Waals surface area contributed by atoms with Crippen molar-refractivity contribution in [3.05, 3.63) is 41.2 Å². The fraction of sp³-hybridized carbons (Fsp3) is 0.273. The van der Waals surface area contributed by atoms with Gasteiger partial charge >= 0.3 is 0 Å². The molecular weight excluding hydrogens is 254 g/mol. The monoisotopic (exact) mass is 265 g/mol. The number of aryl methyl sites for hydroxylation is 1. The average Bonchev–Trinajstić information content (AvgIpc) is 2.67. The largest absolute Gasteiger partial charge is 0.303 e. The first-order valence-corrected chi connectivity index (χ1v) is 5.74. The standard InChI is InChI=1S/C11H12BrN3/c1-2-3-11-14-6-7-15(11)10-4-5-13-8-9(10)12/h4-8H,2-3H2,1H3. The summed E-state index contributed by atoms with van der Waals surface area (Å²) < 4.78 is 3.08. The fourth-order valence-corrected chi connectivity index (χ4v) is 1.97. The SMILES string of the molecule is CCCc1nccn1-c1ccncc1Br. The van der Waals surface area contributed by atoms with Gasteiger partial charge in [0, 0.05) is 31.2 Å². The van der Waals surface area contributed by atoms with Crippen LogP contribution in [0, 0.1) is 0 Å². The topological polar surface area (TPSA) is 30.7 Å². The molecule has 3 nitrogen and oxygen atoms in total. The van der Waals surface area contributed by atoms with Crippen molar-refractivity contribution in [2.24, 2.45) is 0 Å². The lowest BCUT2D eigenvalue weighted by Crippen LogP contribution is -2.01. The molecule has 4 heteroatoms. The Hall–Kier alpha value is -1.16. The number of nitrogens with zero attached hydrogens (tertiary/aromatic N) is 3. The van der Waals surface area contributed by atoms with E-state index in [9.17, 15) is 0 Å². The van der Waals surface area contributed by atoms with Crippen molar-refractivity contribution in [2.75, 3.05) is 0 Å². The second kappa shape index (κ2) is 4.57. The lowest BCUT2D eigenvalue weighted by Gasteiger charge is -2.08. The minimum absolute atomic E-state index is 0.986. The molecular formula is C11H12BrN3. The highest BCUT2D eigenvalue weighted by molar-refractivity contribution is 9.10. The van der Waals surface area contributed by atoms with Gasteiger partial charge in [-0.3, -0.25) is 4.98 Å². The summed E-state index contributed by atoms with van der Waals surface area (Å²) in [5.41, 5.74) is 1.09. The summed E-state index contributed by atoms with van der Waals surface area (Å²) >= 11 is 3.49. The number of hydrogen-bond donors (Lipinski definition) is 0. The van der Waals surface area contributed by atoms with Gasteiger partial charge in [-0.15, -0.1) is 0 Å². The van der Waals surface area contributed by atoms with Gasteiger partial charge in [0.2, 0.25) is 0 Å². The molecule has 2 rings (SSSR count). The minimum Gasteiger partial charge on any atom is -0.303 e. The third kappa shape index (κ3) is 2.09. The van der Waals surface area contributed by atoms with Crippen LogP contribution in [-0.2, 0) is 6.42 Å². The highest BCUT2D eigenvalue weighted by Gasteiger charge is 2.06. The minimum atomic E-state index is 0.986. The Morgan fingerprint density at radius 3 is 3.00 bits per heavy atom. The summed E-state index contributed by atoms with van der Waals surface area (Å²) in [7, 11) is 0. The van der Waals surface area contributed by atoms with Crippen LogP contribution < -0.4 is 0 Å². The molecule has 0 aliphatic heterocycles. The van der Waals surface area contributed by atoms with E-state index in [0.29, 0.717) is 0 Å². The number of aromatic nitrogens is 3. The van der Waals surface area contributed by atoms with Crippen LogP contribution in [-0.4, -0.2) is 14.5 Å². The molecule has 2 aromatic rings. The maximum absolute atomic E-state index is 4.35. The van der Waals surface area contributed by atoms with Gasteiger partial charge in [-0.1, -0.05) is 6.92 Å². The van der Waals surface area contributed by atoms with Crippen LogP contribution in [0.4, 0.5) is 0 Å². The van der Waals surface area contributed by atoms with E-state index in [-0.39, 0.29) is 0 Å². The predicted octanol–water partition coefficient (Wildman–Crippen LogP) is 2.98. The molecule has 15 heavy (non-hydrogen) atoms. The average molecular weight is 266 g/mol. The van der Waals surface area contributed by atoms with E-state index < -0.39 is 0 Å².